The van der Waals surface area contributed by atoms with E-state index in [2.05, 4.69) is 5.16 Å². The molecular formula is C14H18F3N3O. The second-order valence-electron chi connectivity index (χ2n) is 5.38. The molecule has 0 aromatic heterocycles. The van der Waals surface area contributed by atoms with Gasteiger partial charge in [0, 0.05) is 18.2 Å². The minimum atomic E-state index is -4.19. The summed E-state index contributed by atoms with van der Waals surface area (Å²) in [6.45, 7) is 1.17. The fourth-order valence-electron chi connectivity index (χ4n) is 2.29. The number of rotatable bonds is 5. The predicted molar refractivity (Wildman–Crippen MR) is 73.2 cm³/mol. The highest BCUT2D eigenvalue weighted by Gasteiger charge is 2.38. The van der Waals surface area contributed by atoms with Gasteiger partial charge in [-0.3, -0.25) is 4.90 Å². The van der Waals surface area contributed by atoms with E-state index in [1.807, 2.05) is 6.92 Å². The van der Waals surface area contributed by atoms with Crippen LogP contribution in [0, 0.1) is 6.92 Å². The molecular weight excluding hydrogens is 283 g/mol. The van der Waals surface area contributed by atoms with E-state index in [1.54, 1.807) is 18.2 Å². The van der Waals surface area contributed by atoms with Crippen LogP contribution < -0.4 is 5.73 Å². The summed E-state index contributed by atoms with van der Waals surface area (Å²) in [7, 11) is 0. The normalized spacial score (nSPS) is 16.5. The molecule has 0 saturated heterocycles. The first-order valence-electron chi connectivity index (χ1n) is 6.68. The largest absolute Gasteiger partial charge is 0.409 e. The fourth-order valence-corrected chi connectivity index (χ4v) is 2.29. The zero-order chi connectivity index (χ0) is 15.6. The van der Waals surface area contributed by atoms with Gasteiger partial charge in [0.25, 0.3) is 0 Å². The van der Waals surface area contributed by atoms with Crippen LogP contribution in [0.15, 0.2) is 23.4 Å². The van der Waals surface area contributed by atoms with Gasteiger partial charge in [0.1, 0.15) is 0 Å². The first-order chi connectivity index (χ1) is 9.80. The lowest BCUT2D eigenvalue weighted by Crippen LogP contribution is -2.35. The molecule has 0 atom stereocenters. The third kappa shape index (κ3) is 4.35. The number of oxime groups is 1. The van der Waals surface area contributed by atoms with Gasteiger partial charge in [-0.2, -0.15) is 13.2 Å². The Morgan fingerprint density at radius 3 is 2.57 bits per heavy atom. The summed E-state index contributed by atoms with van der Waals surface area (Å²) in [5.74, 6) is -0.0148. The smallest absolute Gasteiger partial charge is 0.401 e. The summed E-state index contributed by atoms with van der Waals surface area (Å²) in [4.78, 5) is 1.46. The molecule has 0 spiro atoms. The monoisotopic (exact) mass is 301 g/mol. The maximum absolute atomic E-state index is 12.6. The van der Waals surface area contributed by atoms with Gasteiger partial charge in [0.15, 0.2) is 5.84 Å². The van der Waals surface area contributed by atoms with Gasteiger partial charge >= 0.3 is 6.18 Å². The highest BCUT2D eigenvalue weighted by atomic mass is 19.4. The molecule has 0 unspecified atom stereocenters. The van der Waals surface area contributed by atoms with Crippen molar-refractivity contribution in [1.29, 1.82) is 0 Å². The Balaban J connectivity index is 2.14. The van der Waals surface area contributed by atoms with Crippen LogP contribution in [0.2, 0.25) is 0 Å². The van der Waals surface area contributed by atoms with Gasteiger partial charge in [0.2, 0.25) is 0 Å². The highest BCUT2D eigenvalue weighted by Crippen LogP contribution is 2.31. The topological polar surface area (TPSA) is 61.9 Å². The number of benzene rings is 1. The first-order valence-corrected chi connectivity index (χ1v) is 6.68. The summed E-state index contributed by atoms with van der Waals surface area (Å²) >= 11 is 0. The van der Waals surface area contributed by atoms with E-state index in [0.29, 0.717) is 5.56 Å². The van der Waals surface area contributed by atoms with E-state index in [4.69, 9.17) is 10.9 Å². The SMILES string of the molecule is Cc1cc(/C(N)=N/O)ccc1CN(CC(F)(F)F)C1CC1. The van der Waals surface area contributed by atoms with Crippen LogP contribution in [-0.2, 0) is 6.54 Å². The molecule has 1 aromatic rings. The molecule has 1 aliphatic carbocycles. The molecule has 2 rings (SSSR count). The van der Waals surface area contributed by atoms with Crippen molar-refractivity contribution in [2.24, 2.45) is 10.9 Å². The second kappa shape index (κ2) is 5.93. The zero-order valence-electron chi connectivity index (χ0n) is 11.7. The molecule has 0 amide bonds. The molecule has 4 nitrogen and oxygen atoms in total. The van der Waals surface area contributed by atoms with Crippen LogP contribution in [0.3, 0.4) is 0 Å². The van der Waals surface area contributed by atoms with Gasteiger partial charge < -0.3 is 10.9 Å². The lowest BCUT2D eigenvalue weighted by molar-refractivity contribution is -0.148. The zero-order valence-corrected chi connectivity index (χ0v) is 11.7. The average molecular weight is 301 g/mol. The van der Waals surface area contributed by atoms with Crippen molar-refractivity contribution < 1.29 is 18.4 Å². The molecule has 0 aliphatic heterocycles. The fraction of sp³-hybridized carbons (Fsp3) is 0.500. The second-order valence-corrected chi connectivity index (χ2v) is 5.38. The van der Waals surface area contributed by atoms with E-state index in [1.165, 1.54) is 4.90 Å². The van der Waals surface area contributed by atoms with Crippen molar-refractivity contribution >= 4 is 5.84 Å². The maximum Gasteiger partial charge on any atom is 0.401 e. The van der Waals surface area contributed by atoms with Crippen LogP contribution in [0.5, 0.6) is 0 Å². The predicted octanol–water partition coefficient (Wildman–Crippen LogP) is 2.62. The number of nitrogens with zero attached hydrogens (tertiary/aromatic N) is 2. The molecule has 1 aromatic carbocycles. The molecule has 1 fully saturated rings. The van der Waals surface area contributed by atoms with Gasteiger partial charge in [-0.1, -0.05) is 17.3 Å². The van der Waals surface area contributed by atoms with Gasteiger partial charge in [-0.05, 0) is 37.0 Å². The number of nitrogens with two attached hydrogens (primary N) is 1. The van der Waals surface area contributed by atoms with Gasteiger partial charge in [0.05, 0.1) is 6.54 Å². The third-order valence-electron chi connectivity index (χ3n) is 3.57. The molecule has 0 heterocycles. The lowest BCUT2D eigenvalue weighted by atomic mass is 10.0. The molecule has 3 N–H and O–H groups in total. The Labute approximate surface area is 121 Å². The minimum absolute atomic E-state index is 0.0148. The quantitative estimate of drug-likeness (QED) is 0.380. The van der Waals surface area contributed by atoms with Gasteiger partial charge in [-0.25, -0.2) is 0 Å². The van der Waals surface area contributed by atoms with Crippen molar-refractivity contribution in [3.63, 3.8) is 0 Å². The summed E-state index contributed by atoms with van der Waals surface area (Å²) in [6.07, 6.45) is -2.56. The van der Waals surface area contributed by atoms with E-state index < -0.39 is 12.7 Å². The number of halogens is 3. The number of alkyl halides is 3. The Morgan fingerprint density at radius 2 is 2.10 bits per heavy atom. The standard InChI is InChI=1S/C14H18F3N3O/c1-9-6-10(13(18)19-21)2-3-11(9)7-20(12-4-5-12)8-14(15,16)17/h2-3,6,12,21H,4-5,7-8H2,1H3,(H2,18,19). The molecule has 116 valence electrons. The molecule has 7 heteroatoms. The Kier molecular flexibility index (Phi) is 4.41. The van der Waals surface area contributed by atoms with Crippen molar-refractivity contribution in [3.8, 4) is 0 Å². The number of hydrogen-bond donors (Lipinski definition) is 2. The molecule has 1 aliphatic rings. The van der Waals surface area contributed by atoms with E-state index in [9.17, 15) is 13.2 Å². The summed E-state index contributed by atoms with van der Waals surface area (Å²) in [5.41, 5.74) is 7.69. The number of aryl methyl sites for hydroxylation is 1. The minimum Gasteiger partial charge on any atom is -0.409 e. The van der Waals surface area contributed by atoms with Gasteiger partial charge in [-0.15, -0.1) is 0 Å². The van der Waals surface area contributed by atoms with Crippen LogP contribution in [0.1, 0.15) is 29.5 Å². The van der Waals surface area contributed by atoms with Crippen LogP contribution in [0.25, 0.3) is 0 Å². The summed E-state index contributed by atoms with van der Waals surface area (Å²) in [6, 6.07) is 5.11. The van der Waals surface area contributed by atoms with Crippen LogP contribution >= 0.6 is 0 Å². The van der Waals surface area contributed by atoms with Crippen molar-refractivity contribution in [3.05, 3.63) is 34.9 Å². The average Bonchev–Trinajstić information content (AvgIpc) is 3.22. The number of amidine groups is 1. The van der Waals surface area contributed by atoms with Crippen LogP contribution in [-0.4, -0.2) is 34.7 Å². The lowest BCUT2D eigenvalue weighted by Gasteiger charge is -2.24. The van der Waals surface area contributed by atoms with Crippen molar-refractivity contribution in [2.45, 2.75) is 38.5 Å². The molecule has 0 bridgehead atoms. The molecule has 0 radical (unpaired) electrons. The van der Waals surface area contributed by atoms with Crippen LogP contribution in [0.4, 0.5) is 13.2 Å². The Hall–Kier alpha value is -1.76. The maximum atomic E-state index is 12.6. The van der Waals surface area contributed by atoms with E-state index in [-0.39, 0.29) is 18.4 Å². The first kappa shape index (κ1) is 15.6. The van der Waals surface area contributed by atoms with E-state index in [0.717, 1.165) is 24.0 Å². The molecule has 21 heavy (non-hydrogen) atoms. The summed E-state index contributed by atoms with van der Waals surface area (Å²) in [5, 5.41) is 11.5. The summed E-state index contributed by atoms with van der Waals surface area (Å²) < 4.78 is 37.8. The number of hydrogen-bond acceptors (Lipinski definition) is 3. The Morgan fingerprint density at radius 1 is 1.43 bits per heavy atom. The van der Waals surface area contributed by atoms with Crippen molar-refractivity contribution in [2.75, 3.05) is 6.54 Å². The molecule has 1 saturated carbocycles. The van der Waals surface area contributed by atoms with Crippen molar-refractivity contribution in [1.82, 2.24) is 4.90 Å². The highest BCUT2D eigenvalue weighted by molar-refractivity contribution is 5.97. The Bertz CT molecular complexity index is 539. The third-order valence-corrected chi connectivity index (χ3v) is 3.57. The van der Waals surface area contributed by atoms with E-state index >= 15 is 0 Å².